The van der Waals surface area contributed by atoms with Gasteiger partial charge in [-0.15, -0.1) is 0 Å². The van der Waals surface area contributed by atoms with E-state index in [-0.39, 0.29) is 6.23 Å². The molecule has 3 aliphatic rings. The quantitative estimate of drug-likeness (QED) is 0.288. The molecule has 6 rings (SSSR count). The number of anilines is 1. The lowest BCUT2D eigenvalue weighted by atomic mass is 9.73. The summed E-state index contributed by atoms with van der Waals surface area (Å²) in [5.74, 6) is 3.42. The summed E-state index contributed by atoms with van der Waals surface area (Å²) in [6, 6.07) is 19.1. The third-order valence-corrected chi connectivity index (χ3v) is 9.45. The van der Waals surface area contributed by atoms with Gasteiger partial charge in [-0.2, -0.15) is 0 Å². The Balaban J connectivity index is 0.00000102. The van der Waals surface area contributed by atoms with Crippen LogP contribution in [0.5, 0.6) is 0 Å². The molecule has 0 spiro atoms. The van der Waals surface area contributed by atoms with Crippen LogP contribution < -0.4 is 4.90 Å². The number of rotatable bonds is 6. The first kappa shape index (κ1) is 32.9. The predicted octanol–water partition coefficient (Wildman–Crippen LogP) is 12.7. The number of fused-ring (bicyclic) bond motifs is 3. The van der Waals surface area contributed by atoms with Gasteiger partial charge in [0.15, 0.2) is 6.23 Å². The largest absolute Gasteiger partial charge is 0.472 e. The van der Waals surface area contributed by atoms with Gasteiger partial charge in [0.25, 0.3) is 0 Å². The van der Waals surface area contributed by atoms with Crippen LogP contribution in [0.1, 0.15) is 141 Å². The molecule has 3 aromatic rings. The molecule has 2 heteroatoms. The van der Waals surface area contributed by atoms with Crippen LogP contribution in [-0.2, 0) is 4.74 Å². The van der Waals surface area contributed by atoms with Gasteiger partial charge in [0.2, 0.25) is 0 Å². The molecule has 0 saturated carbocycles. The average molecular weight is 580 g/mol. The van der Waals surface area contributed by atoms with Gasteiger partial charge in [-0.05, 0) is 83.0 Å². The van der Waals surface area contributed by atoms with E-state index in [4.69, 9.17) is 4.74 Å². The molecule has 3 aromatic carbocycles. The van der Waals surface area contributed by atoms with Crippen LogP contribution >= 0.6 is 0 Å². The number of benzene rings is 3. The maximum Gasteiger partial charge on any atom is 0.179 e. The molecule has 0 saturated heterocycles. The van der Waals surface area contributed by atoms with Crippen molar-refractivity contribution in [1.29, 1.82) is 0 Å². The normalized spacial score (nSPS) is 19.4. The van der Waals surface area contributed by atoms with E-state index in [0.717, 1.165) is 18.6 Å². The Bertz CT molecular complexity index is 1450. The molecule has 43 heavy (non-hydrogen) atoms. The second-order valence-corrected chi connectivity index (χ2v) is 13.0. The number of ether oxygens (including phenoxy) is 1. The van der Waals surface area contributed by atoms with Crippen molar-refractivity contribution in [2.45, 2.75) is 127 Å². The molecule has 2 nitrogen and oxygen atoms in total. The zero-order chi connectivity index (χ0) is 31.7. The first-order chi connectivity index (χ1) is 20.7. The minimum absolute atomic E-state index is 0.0864. The Morgan fingerprint density at radius 2 is 1.35 bits per heavy atom. The van der Waals surface area contributed by atoms with Crippen molar-refractivity contribution >= 4 is 11.4 Å². The van der Waals surface area contributed by atoms with Crippen molar-refractivity contribution < 1.29 is 4.74 Å². The molecule has 0 N–H and O–H groups in total. The van der Waals surface area contributed by atoms with Gasteiger partial charge >= 0.3 is 0 Å². The summed E-state index contributed by atoms with van der Waals surface area (Å²) in [6.07, 6.45) is 2.35. The van der Waals surface area contributed by atoms with Crippen molar-refractivity contribution in [3.8, 4) is 22.3 Å². The van der Waals surface area contributed by atoms with E-state index in [1.165, 1.54) is 61.5 Å². The molecule has 0 aliphatic carbocycles. The molecule has 0 amide bonds. The fourth-order valence-corrected chi connectivity index (χ4v) is 7.69. The van der Waals surface area contributed by atoms with Crippen LogP contribution in [0.15, 0.2) is 54.3 Å². The average Bonchev–Trinajstić information content (AvgIpc) is 3.42. The standard InChI is InChI=1S/C37H45NO.2C2H6/c1-10-25-26(11-2)37-38-34-31(25)17-23(9)18-32(34)30-19-24(15-16-29(30)35(38)36(39-37)22(7)8)33-27(20(3)4)13-12-14-28(33)21(5)6;2*1-2/h12-22,25-26,37H,10-11H2,1-9H3;2*1-2H3. The molecular formula is C41H57NO. The summed E-state index contributed by atoms with van der Waals surface area (Å²) < 4.78 is 6.96. The lowest BCUT2D eigenvalue weighted by Crippen LogP contribution is -2.45. The monoisotopic (exact) mass is 579 g/mol. The Hall–Kier alpha value is -3.00. The molecule has 0 radical (unpaired) electrons. The number of allylic oxidation sites excluding steroid dienone is 1. The molecule has 0 aromatic heterocycles. The summed E-state index contributed by atoms with van der Waals surface area (Å²) in [6.45, 7) is 28.8. The molecule has 0 bridgehead atoms. The number of hydrogen-bond acceptors (Lipinski definition) is 2. The van der Waals surface area contributed by atoms with Crippen molar-refractivity contribution in [3.05, 3.63) is 82.1 Å². The summed E-state index contributed by atoms with van der Waals surface area (Å²) in [4.78, 5) is 2.60. The van der Waals surface area contributed by atoms with Crippen molar-refractivity contribution in [2.75, 3.05) is 4.90 Å². The van der Waals surface area contributed by atoms with Crippen LogP contribution in [0.3, 0.4) is 0 Å². The molecule has 0 fully saturated rings. The van der Waals surface area contributed by atoms with E-state index >= 15 is 0 Å². The number of nitrogens with zero attached hydrogens (tertiary/aromatic N) is 1. The van der Waals surface area contributed by atoms with Crippen LogP contribution in [0, 0.1) is 18.8 Å². The smallest absolute Gasteiger partial charge is 0.179 e. The lowest BCUT2D eigenvalue weighted by molar-refractivity contribution is 0.0556. The molecular weight excluding hydrogens is 522 g/mol. The van der Waals surface area contributed by atoms with E-state index in [2.05, 4.69) is 116 Å². The first-order valence-corrected chi connectivity index (χ1v) is 17.3. The third-order valence-electron chi connectivity index (χ3n) is 9.45. The molecule has 3 unspecified atom stereocenters. The van der Waals surface area contributed by atoms with Gasteiger partial charge in [-0.25, -0.2) is 0 Å². The van der Waals surface area contributed by atoms with Gasteiger partial charge < -0.3 is 9.64 Å². The summed E-state index contributed by atoms with van der Waals surface area (Å²) in [5, 5.41) is 0. The maximum atomic E-state index is 6.96. The van der Waals surface area contributed by atoms with E-state index in [9.17, 15) is 0 Å². The fraction of sp³-hybridized carbons (Fsp3) is 0.512. The zero-order valence-electron chi connectivity index (χ0n) is 29.4. The minimum atomic E-state index is 0.0864. The van der Waals surface area contributed by atoms with Crippen LogP contribution in [-0.4, -0.2) is 6.23 Å². The van der Waals surface area contributed by atoms with Crippen molar-refractivity contribution in [3.63, 3.8) is 0 Å². The van der Waals surface area contributed by atoms with Gasteiger partial charge in [0.05, 0.1) is 11.4 Å². The van der Waals surface area contributed by atoms with Gasteiger partial charge in [-0.1, -0.05) is 125 Å². The van der Waals surface area contributed by atoms with Gasteiger partial charge in [0, 0.05) is 23.0 Å². The highest BCUT2D eigenvalue weighted by Crippen LogP contribution is 2.60. The Labute approximate surface area is 263 Å². The highest BCUT2D eigenvalue weighted by Gasteiger charge is 2.50. The van der Waals surface area contributed by atoms with E-state index in [1.807, 2.05) is 27.7 Å². The highest BCUT2D eigenvalue weighted by molar-refractivity contribution is 6.03. The molecule has 232 valence electrons. The van der Waals surface area contributed by atoms with Crippen molar-refractivity contribution in [2.24, 2.45) is 11.8 Å². The van der Waals surface area contributed by atoms with E-state index in [1.54, 1.807) is 0 Å². The summed E-state index contributed by atoms with van der Waals surface area (Å²) >= 11 is 0. The second kappa shape index (κ2) is 13.3. The van der Waals surface area contributed by atoms with E-state index < -0.39 is 0 Å². The predicted molar refractivity (Wildman–Crippen MR) is 189 cm³/mol. The molecule has 3 aliphatic heterocycles. The number of hydrogen-bond donors (Lipinski definition) is 0. The fourth-order valence-electron chi connectivity index (χ4n) is 7.69. The number of aryl methyl sites for hydroxylation is 1. The molecule has 3 heterocycles. The Morgan fingerprint density at radius 1 is 0.721 bits per heavy atom. The van der Waals surface area contributed by atoms with Crippen molar-refractivity contribution in [1.82, 2.24) is 0 Å². The SMILES string of the molecule is CC.CC.CCC1c2cc(C)cc3c2N2C(=C(C(C)C)OC2C1CC)c1ccc(-c2c(C(C)C)cccc2C(C)C)cc1-3. The third kappa shape index (κ3) is 5.34. The topological polar surface area (TPSA) is 12.5 Å². The second-order valence-electron chi connectivity index (χ2n) is 13.0. The van der Waals surface area contributed by atoms with Crippen LogP contribution in [0.25, 0.3) is 28.0 Å². The Kier molecular flexibility index (Phi) is 10.2. The maximum absolute atomic E-state index is 6.96. The van der Waals surface area contributed by atoms with Crippen LogP contribution in [0.2, 0.25) is 0 Å². The summed E-state index contributed by atoms with van der Waals surface area (Å²) in [5.41, 5.74) is 15.3. The first-order valence-electron chi connectivity index (χ1n) is 17.3. The highest BCUT2D eigenvalue weighted by atomic mass is 16.5. The zero-order valence-corrected chi connectivity index (χ0v) is 29.4. The van der Waals surface area contributed by atoms with Gasteiger partial charge in [-0.3, -0.25) is 0 Å². The minimum Gasteiger partial charge on any atom is -0.472 e. The Morgan fingerprint density at radius 3 is 1.88 bits per heavy atom. The lowest BCUT2D eigenvalue weighted by Gasteiger charge is -2.46. The van der Waals surface area contributed by atoms with E-state index in [0.29, 0.717) is 29.6 Å². The van der Waals surface area contributed by atoms with Crippen LogP contribution in [0.4, 0.5) is 5.69 Å². The van der Waals surface area contributed by atoms with Gasteiger partial charge in [0.1, 0.15) is 5.76 Å². The summed E-state index contributed by atoms with van der Waals surface area (Å²) in [7, 11) is 0. The molecule has 3 atom stereocenters.